The molecular formula is C9H13NO2. The van der Waals surface area contributed by atoms with Crippen LogP contribution in [0.4, 0.5) is 0 Å². The summed E-state index contributed by atoms with van der Waals surface area (Å²) in [5, 5.41) is 17.7. The third-order valence-corrected chi connectivity index (χ3v) is 1.70. The predicted octanol–water partition coefficient (Wildman–Crippen LogP) is 0.629. The van der Waals surface area contributed by atoms with Gasteiger partial charge in [-0.1, -0.05) is 6.92 Å². The molecule has 0 unspecified atom stereocenters. The molecule has 0 atom stereocenters. The van der Waals surface area contributed by atoms with Gasteiger partial charge in [0.15, 0.2) is 0 Å². The van der Waals surface area contributed by atoms with Gasteiger partial charge in [-0.05, 0) is 24.1 Å². The first-order valence-electron chi connectivity index (χ1n) is 4.00. The van der Waals surface area contributed by atoms with Crippen LogP contribution in [0, 0.1) is 0 Å². The molecule has 0 spiro atoms. The number of aryl methyl sites for hydroxylation is 1. The van der Waals surface area contributed by atoms with E-state index in [4.69, 9.17) is 10.2 Å². The minimum Gasteiger partial charge on any atom is -0.392 e. The molecule has 0 saturated heterocycles. The lowest BCUT2D eigenvalue weighted by Crippen LogP contribution is -1.97. The average Bonchev–Trinajstić information content (AvgIpc) is 2.16. The number of hydrogen-bond acceptors (Lipinski definition) is 3. The van der Waals surface area contributed by atoms with Gasteiger partial charge in [-0.25, -0.2) is 0 Å². The molecule has 0 amide bonds. The zero-order valence-electron chi connectivity index (χ0n) is 7.12. The molecule has 3 heteroatoms. The highest BCUT2D eigenvalue weighted by molar-refractivity contribution is 5.20. The molecule has 1 aromatic heterocycles. The van der Waals surface area contributed by atoms with Crippen molar-refractivity contribution in [2.75, 3.05) is 0 Å². The fraction of sp³-hybridized carbons (Fsp3) is 0.444. The fourth-order valence-electron chi connectivity index (χ4n) is 1.07. The summed E-state index contributed by atoms with van der Waals surface area (Å²) >= 11 is 0. The van der Waals surface area contributed by atoms with Gasteiger partial charge >= 0.3 is 0 Å². The first-order valence-corrected chi connectivity index (χ1v) is 4.00. The highest BCUT2D eigenvalue weighted by Gasteiger charge is 1.99. The lowest BCUT2D eigenvalue weighted by atomic mass is 10.2. The van der Waals surface area contributed by atoms with Gasteiger partial charge in [0, 0.05) is 5.69 Å². The lowest BCUT2D eigenvalue weighted by Gasteiger charge is -2.03. The smallest absolute Gasteiger partial charge is 0.0853 e. The van der Waals surface area contributed by atoms with Gasteiger partial charge in [0.25, 0.3) is 0 Å². The van der Waals surface area contributed by atoms with Crippen molar-refractivity contribution < 1.29 is 10.2 Å². The van der Waals surface area contributed by atoms with Crippen LogP contribution in [0.3, 0.4) is 0 Å². The van der Waals surface area contributed by atoms with Crippen LogP contribution in [-0.2, 0) is 19.6 Å². The van der Waals surface area contributed by atoms with Crippen LogP contribution in [-0.4, -0.2) is 15.2 Å². The third-order valence-electron chi connectivity index (χ3n) is 1.70. The van der Waals surface area contributed by atoms with Gasteiger partial charge in [0.1, 0.15) is 0 Å². The Kier molecular flexibility index (Phi) is 3.19. The number of pyridine rings is 1. The highest BCUT2D eigenvalue weighted by Crippen LogP contribution is 2.06. The van der Waals surface area contributed by atoms with Gasteiger partial charge < -0.3 is 10.2 Å². The van der Waals surface area contributed by atoms with E-state index in [0.29, 0.717) is 5.69 Å². The van der Waals surface area contributed by atoms with Gasteiger partial charge in [-0.15, -0.1) is 0 Å². The quantitative estimate of drug-likeness (QED) is 0.694. The van der Waals surface area contributed by atoms with Crippen LogP contribution in [0.25, 0.3) is 0 Å². The molecule has 0 aliphatic heterocycles. The molecule has 1 aromatic rings. The second-order valence-corrected chi connectivity index (χ2v) is 2.63. The van der Waals surface area contributed by atoms with Gasteiger partial charge in [-0.3, -0.25) is 4.98 Å². The van der Waals surface area contributed by atoms with Crippen molar-refractivity contribution in [3.63, 3.8) is 0 Å². The van der Waals surface area contributed by atoms with Crippen LogP contribution in [0.5, 0.6) is 0 Å². The van der Waals surface area contributed by atoms with Gasteiger partial charge in [0.05, 0.1) is 18.9 Å². The molecule has 0 fully saturated rings. The van der Waals surface area contributed by atoms with E-state index in [1.807, 2.05) is 13.0 Å². The maximum absolute atomic E-state index is 8.87. The monoisotopic (exact) mass is 167 g/mol. The molecule has 1 heterocycles. The first kappa shape index (κ1) is 9.16. The summed E-state index contributed by atoms with van der Waals surface area (Å²) in [6, 6.07) is 3.55. The normalized spacial score (nSPS) is 10.2. The molecule has 1 rings (SSSR count). The van der Waals surface area contributed by atoms with Crippen LogP contribution in [0.2, 0.25) is 0 Å². The van der Waals surface area contributed by atoms with Crippen molar-refractivity contribution in [1.29, 1.82) is 0 Å². The molecule has 3 nitrogen and oxygen atoms in total. The summed E-state index contributed by atoms with van der Waals surface area (Å²) in [6.45, 7) is 1.92. The molecule has 0 aromatic carbocycles. The Morgan fingerprint density at radius 2 is 1.83 bits per heavy atom. The van der Waals surface area contributed by atoms with E-state index in [9.17, 15) is 0 Å². The Balaban J connectivity index is 3.01. The Labute approximate surface area is 71.7 Å². The standard InChI is InChI=1S/C9H13NO2/c1-2-8-3-7(5-11)4-9(6-12)10-8/h3-4,11-12H,2,5-6H2,1H3. The van der Waals surface area contributed by atoms with Gasteiger partial charge in [0.2, 0.25) is 0 Å². The number of hydrogen-bond donors (Lipinski definition) is 2. The van der Waals surface area contributed by atoms with E-state index >= 15 is 0 Å². The summed E-state index contributed by atoms with van der Waals surface area (Å²) in [4.78, 5) is 4.16. The number of aromatic nitrogens is 1. The summed E-state index contributed by atoms with van der Waals surface area (Å²) < 4.78 is 0. The lowest BCUT2D eigenvalue weighted by molar-refractivity contribution is 0.271. The molecule has 12 heavy (non-hydrogen) atoms. The third kappa shape index (κ3) is 2.03. The van der Waals surface area contributed by atoms with Crippen LogP contribution in [0.15, 0.2) is 12.1 Å². The van der Waals surface area contributed by atoms with Crippen molar-refractivity contribution in [3.8, 4) is 0 Å². The number of nitrogens with zero attached hydrogens (tertiary/aromatic N) is 1. The molecule has 0 aliphatic carbocycles. The van der Waals surface area contributed by atoms with E-state index in [0.717, 1.165) is 17.7 Å². The fourth-order valence-corrected chi connectivity index (χ4v) is 1.07. The number of aliphatic hydroxyl groups excluding tert-OH is 2. The van der Waals surface area contributed by atoms with E-state index < -0.39 is 0 Å². The Morgan fingerprint density at radius 3 is 2.33 bits per heavy atom. The Hall–Kier alpha value is -0.930. The summed E-state index contributed by atoms with van der Waals surface area (Å²) in [5.74, 6) is 0. The van der Waals surface area contributed by atoms with Crippen molar-refractivity contribution in [3.05, 3.63) is 29.1 Å². The van der Waals surface area contributed by atoms with Gasteiger partial charge in [-0.2, -0.15) is 0 Å². The Bertz CT molecular complexity index is 205. The van der Waals surface area contributed by atoms with Crippen molar-refractivity contribution >= 4 is 0 Å². The zero-order valence-corrected chi connectivity index (χ0v) is 7.12. The van der Waals surface area contributed by atoms with Crippen molar-refractivity contribution in [2.45, 2.75) is 26.6 Å². The van der Waals surface area contributed by atoms with Crippen molar-refractivity contribution in [1.82, 2.24) is 4.98 Å². The van der Waals surface area contributed by atoms with Crippen LogP contribution in [0.1, 0.15) is 23.9 Å². The molecule has 66 valence electrons. The highest BCUT2D eigenvalue weighted by atomic mass is 16.3. The molecule has 0 radical (unpaired) electrons. The minimum atomic E-state index is -0.0686. The predicted molar refractivity (Wildman–Crippen MR) is 45.5 cm³/mol. The SMILES string of the molecule is CCc1cc(CO)cc(CO)n1. The second-order valence-electron chi connectivity index (χ2n) is 2.63. The van der Waals surface area contributed by atoms with E-state index in [2.05, 4.69) is 4.98 Å². The van der Waals surface area contributed by atoms with Crippen molar-refractivity contribution in [2.24, 2.45) is 0 Å². The Morgan fingerprint density at radius 1 is 1.17 bits per heavy atom. The minimum absolute atomic E-state index is 0.00250. The summed E-state index contributed by atoms with van der Waals surface area (Å²) in [5.41, 5.74) is 2.34. The largest absolute Gasteiger partial charge is 0.392 e. The van der Waals surface area contributed by atoms with E-state index in [1.54, 1.807) is 6.07 Å². The van der Waals surface area contributed by atoms with Crippen LogP contribution < -0.4 is 0 Å². The number of rotatable bonds is 3. The average molecular weight is 167 g/mol. The second kappa shape index (κ2) is 4.18. The molecule has 0 saturated carbocycles. The van der Waals surface area contributed by atoms with Crippen LogP contribution >= 0.6 is 0 Å². The molecule has 2 N–H and O–H groups in total. The molecular weight excluding hydrogens is 154 g/mol. The zero-order chi connectivity index (χ0) is 8.97. The summed E-state index contributed by atoms with van der Waals surface area (Å²) in [6.07, 6.45) is 0.820. The molecule has 0 bridgehead atoms. The summed E-state index contributed by atoms with van der Waals surface area (Å²) in [7, 11) is 0. The first-order chi connectivity index (χ1) is 5.80. The maximum Gasteiger partial charge on any atom is 0.0853 e. The van der Waals surface area contributed by atoms with E-state index in [-0.39, 0.29) is 13.2 Å². The molecule has 0 aliphatic rings. The maximum atomic E-state index is 8.87. The van der Waals surface area contributed by atoms with E-state index in [1.165, 1.54) is 0 Å². The topological polar surface area (TPSA) is 53.4 Å². The number of aliphatic hydroxyl groups is 2.